The third kappa shape index (κ3) is 5.09. The number of fused-ring (bicyclic) bond motifs is 4. The molecule has 3 heterocycles. The Morgan fingerprint density at radius 1 is 1.02 bits per heavy atom. The summed E-state index contributed by atoms with van der Waals surface area (Å²) in [5.74, 6) is 2.43. The van der Waals surface area contributed by atoms with Crippen LogP contribution in [0.2, 0.25) is 0 Å². The zero-order chi connectivity index (χ0) is 33.9. The Hall–Kier alpha value is -1.26. The lowest BCUT2D eigenvalue weighted by Crippen LogP contribution is -2.58. The second kappa shape index (κ2) is 11.6. The predicted octanol–water partition coefficient (Wildman–Crippen LogP) is 5.22. The molecule has 8 aliphatic rings. The van der Waals surface area contributed by atoms with Crippen molar-refractivity contribution >= 4 is 11.9 Å². The van der Waals surface area contributed by atoms with Gasteiger partial charge < -0.3 is 29.4 Å². The molecule has 3 saturated heterocycles. The summed E-state index contributed by atoms with van der Waals surface area (Å²) in [6, 6.07) is -0.0532. The summed E-state index contributed by atoms with van der Waals surface area (Å²) >= 11 is 0. The first-order valence-electron chi connectivity index (χ1n) is 19.5. The SMILES string of the molecule is CC(=O)O[C@@H](C1CC[C@H]2C(CC3C4CCC5C(C)(C)[C@@H](OC6CN([C@@H]7CCCNC7=O)CCO6)CCC56C[C@@]46CCC32C)O1)C(C)(C)O. The van der Waals surface area contributed by atoms with Crippen LogP contribution in [0, 0.1) is 45.3 Å². The van der Waals surface area contributed by atoms with E-state index in [2.05, 4.69) is 31.0 Å². The van der Waals surface area contributed by atoms with Gasteiger partial charge in [0.1, 0.15) is 0 Å². The number of piperidine rings is 1. The lowest BCUT2D eigenvalue weighted by atomic mass is 9.46. The average molecular weight is 671 g/mol. The van der Waals surface area contributed by atoms with Gasteiger partial charge in [0.2, 0.25) is 5.91 Å². The highest BCUT2D eigenvalue weighted by Gasteiger charge is 2.80. The number of carbonyl (C=O) groups is 2. The van der Waals surface area contributed by atoms with E-state index in [1.165, 1.54) is 45.4 Å². The van der Waals surface area contributed by atoms with Gasteiger partial charge in [0.25, 0.3) is 0 Å². The van der Waals surface area contributed by atoms with Crippen molar-refractivity contribution in [3.8, 4) is 0 Å². The summed E-state index contributed by atoms with van der Waals surface area (Å²) in [6.07, 6.45) is 13.1. The van der Waals surface area contributed by atoms with Crippen molar-refractivity contribution in [1.29, 1.82) is 0 Å². The molecule has 8 rings (SSSR count). The minimum atomic E-state index is -1.15. The van der Waals surface area contributed by atoms with Gasteiger partial charge in [-0.25, -0.2) is 0 Å². The van der Waals surface area contributed by atoms with Crippen LogP contribution in [0.5, 0.6) is 0 Å². The average Bonchev–Trinajstić information content (AvgIpc) is 3.61. The molecule has 2 spiro atoms. The fourth-order valence-electron chi connectivity index (χ4n) is 13.9. The number of rotatable bonds is 6. The Morgan fingerprint density at radius 3 is 2.56 bits per heavy atom. The first-order chi connectivity index (χ1) is 22.7. The van der Waals surface area contributed by atoms with Gasteiger partial charge in [-0.15, -0.1) is 0 Å². The van der Waals surface area contributed by atoms with Crippen LogP contribution in [0.15, 0.2) is 0 Å². The summed E-state index contributed by atoms with van der Waals surface area (Å²) < 4.78 is 25.7. The Morgan fingerprint density at radius 2 is 1.81 bits per heavy atom. The number of esters is 1. The van der Waals surface area contributed by atoms with Crippen LogP contribution in [0.4, 0.5) is 0 Å². The van der Waals surface area contributed by atoms with Crippen molar-refractivity contribution in [2.45, 2.75) is 161 Å². The van der Waals surface area contributed by atoms with Gasteiger partial charge in [0.05, 0.1) is 43.1 Å². The van der Waals surface area contributed by atoms with Gasteiger partial charge in [-0.3, -0.25) is 14.5 Å². The van der Waals surface area contributed by atoms with Gasteiger partial charge in [0, 0.05) is 20.0 Å². The number of hydrogen-bond acceptors (Lipinski definition) is 8. The van der Waals surface area contributed by atoms with Crippen molar-refractivity contribution in [3.05, 3.63) is 0 Å². The number of carbonyl (C=O) groups excluding carboxylic acids is 2. The summed E-state index contributed by atoms with van der Waals surface area (Å²) in [7, 11) is 0. The highest BCUT2D eigenvalue weighted by molar-refractivity contribution is 5.82. The molecule has 0 radical (unpaired) electrons. The fourth-order valence-corrected chi connectivity index (χ4v) is 13.9. The first kappa shape index (κ1) is 33.9. The third-order valence-corrected chi connectivity index (χ3v) is 16.0. The number of nitrogens with one attached hydrogen (secondary N) is 1. The van der Waals surface area contributed by atoms with Crippen LogP contribution in [0.1, 0.15) is 119 Å². The number of aliphatic hydroxyl groups is 1. The van der Waals surface area contributed by atoms with Gasteiger partial charge in [-0.05, 0) is 136 Å². The Balaban J connectivity index is 0.953. The molecule has 270 valence electrons. The van der Waals surface area contributed by atoms with E-state index in [0.29, 0.717) is 47.2 Å². The van der Waals surface area contributed by atoms with Gasteiger partial charge in [-0.1, -0.05) is 20.8 Å². The van der Waals surface area contributed by atoms with Crippen LogP contribution < -0.4 is 5.32 Å². The molecule has 5 saturated carbocycles. The highest BCUT2D eigenvalue weighted by Crippen LogP contribution is 2.87. The number of morpholine rings is 1. The topological polar surface area (TPSA) is 107 Å². The fraction of sp³-hybridized carbons (Fsp3) is 0.949. The normalized spacial score (nSPS) is 48.9. The smallest absolute Gasteiger partial charge is 0.303 e. The maximum Gasteiger partial charge on any atom is 0.303 e. The quantitative estimate of drug-likeness (QED) is 0.371. The molecule has 9 nitrogen and oxygen atoms in total. The monoisotopic (exact) mass is 670 g/mol. The summed E-state index contributed by atoms with van der Waals surface area (Å²) in [5.41, 5.74) is 0.103. The van der Waals surface area contributed by atoms with Crippen LogP contribution >= 0.6 is 0 Å². The first-order valence-corrected chi connectivity index (χ1v) is 19.5. The minimum Gasteiger partial charge on any atom is -0.457 e. The predicted molar refractivity (Wildman–Crippen MR) is 180 cm³/mol. The van der Waals surface area contributed by atoms with Crippen molar-refractivity contribution in [2.75, 3.05) is 26.2 Å². The van der Waals surface area contributed by atoms with E-state index in [0.717, 1.165) is 57.5 Å². The highest BCUT2D eigenvalue weighted by atomic mass is 16.7. The van der Waals surface area contributed by atoms with E-state index < -0.39 is 11.7 Å². The molecule has 2 N–H and O–H groups in total. The van der Waals surface area contributed by atoms with Crippen molar-refractivity contribution in [1.82, 2.24) is 10.2 Å². The number of nitrogens with zero attached hydrogens (tertiary/aromatic N) is 1. The number of ether oxygens (including phenoxy) is 4. The van der Waals surface area contributed by atoms with E-state index in [4.69, 9.17) is 18.9 Å². The number of amides is 1. The summed E-state index contributed by atoms with van der Waals surface area (Å²) in [5, 5.41) is 14.0. The molecule has 0 aromatic rings. The minimum absolute atomic E-state index is 0.0532. The maximum atomic E-state index is 12.6. The second-order valence-corrected chi connectivity index (χ2v) is 18.9. The molecule has 8 unspecified atom stereocenters. The molecule has 0 aromatic heterocycles. The zero-order valence-corrected chi connectivity index (χ0v) is 30.4. The Kier molecular flexibility index (Phi) is 8.20. The van der Waals surface area contributed by atoms with Gasteiger partial charge in [-0.2, -0.15) is 0 Å². The molecule has 8 fully saturated rings. The molecule has 3 aliphatic heterocycles. The number of hydrogen-bond donors (Lipinski definition) is 2. The largest absolute Gasteiger partial charge is 0.457 e. The Labute approximate surface area is 287 Å². The molecule has 9 heteroatoms. The molecule has 0 bridgehead atoms. The molecule has 0 aromatic carbocycles. The third-order valence-electron chi connectivity index (χ3n) is 16.0. The van der Waals surface area contributed by atoms with Crippen LogP contribution in [0.25, 0.3) is 0 Å². The van der Waals surface area contributed by atoms with E-state index in [9.17, 15) is 14.7 Å². The van der Waals surface area contributed by atoms with E-state index >= 15 is 0 Å². The van der Waals surface area contributed by atoms with Gasteiger partial charge >= 0.3 is 5.97 Å². The van der Waals surface area contributed by atoms with Crippen molar-refractivity contribution < 1.29 is 33.6 Å². The lowest BCUT2D eigenvalue weighted by Gasteiger charge is -2.60. The van der Waals surface area contributed by atoms with Crippen LogP contribution in [0.3, 0.4) is 0 Å². The summed E-state index contributed by atoms with van der Waals surface area (Å²) in [6.45, 7) is 15.3. The molecule has 48 heavy (non-hydrogen) atoms. The van der Waals surface area contributed by atoms with Gasteiger partial charge in [0.15, 0.2) is 12.4 Å². The zero-order valence-electron chi connectivity index (χ0n) is 30.4. The standard InChI is InChI=1S/C39H62N2O7/c1-23(42)46-33(36(4,5)44)28-11-9-25-29(47-28)20-26-24-10-12-30-35(2,3)31(13-14-39(30)22-38(24,39)16-15-37(25,26)6)48-32-21-41(18-19-45-32)27-8-7-17-40-34(27)43/h24-33,44H,7-22H2,1-6H3,(H,40,43)/t24?,25-,26?,27+,28?,29?,30?,31-,32?,33-,37?,38-,39?/m0/s1. The van der Waals surface area contributed by atoms with E-state index in [1.54, 1.807) is 13.8 Å². The van der Waals surface area contributed by atoms with Crippen molar-refractivity contribution in [2.24, 2.45) is 45.3 Å². The lowest BCUT2D eigenvalue weighted by molar-refractivity contribution is -0.247. The molecule has 13 atom stereocenters. The molecular weight excluding hydrogens is 608 g/mol. The van der Waals surface area contributed by atoms with Crippen LogP contribution in [-0.2, 0) is 28.5 Å². The summed E-state index contributed by atoms with van der Waals surface area (Å²) in [4.78, 5) is 26.9. The second-order valence-electron chi connectivity index (χ2n) is 18.9. The maximum absolute atomic E-state index is 12.6. The Bertz CT molecular complexity index is 1280. The van der Waals surface area contributed by atoms with E-state index in [-0.39, 0.29) is 47.9 Å². The molecular formula is C39H62N2O7. The molecule has 1 amide bonds. The van der Waals surface area contributed by atoms with E-state index in [1.807, 2.05) is 0 Å². The molecule has 5 aliphatic carbocycles. The van der Waals surface area contributed by atoms with Crippen LogP contribution in [-0.4, -0.2) is 90.5 Å². The van der Waals surface area contributed by atoms with Crippen molar-refractivity contribution in [3.63, 3.8) is 0 Å².